The van der Waals surface area contributed by atoms with Gasteiger partial charge in [0.1, 0.15) is 23.4 Å². The number of ketones is 1. The fourth-order valence-electron chi connectivity index (χ4n) is 5.00. The van der Waals surface area contributed by atoms with Crippen LogP contribution in [0.2, 0.25) is 0 Å². The van der Waals surface area contributed by atoms with E-state index in [9.17, 15) is 14.7 Å². The Morgan fingerprint density at radius 3 is 2.66 bits per heavy atom. The van der Waals surface area contributed by atoms with Gasteiger partial charge in [-0.05, 0) is 74.4 Å². The van der Waals surface area contributed by atoms with Crippen LogP contribution in [0.15, 0.2) is 48.0 Å². The Kier molecular flexibility index (Phi) is 7.45. The lowest BCUT2D eigenvalue weighted by Crippen LogP contribution is -2.33. The van der Waals surface area contributed by atoms with Gasteiger partial charge in [0.15, 0.2) is 0 Å². The van der Waals surface area contributed by atoms with Gasteiger partial charge in [0.25, 0.3) is 11.7 Å². The number of aliphatic hydroxyl groups is 1. The molecule has 0 aromatic heterocycles. The average molecular weight is 479 g/mol. The Hall–Kier alpha value is -3.32. The number of rotatable bonds is 9. The molecule has 0 aliphatic carbocycles. The molecule has 35 heavy (non-hydrogen) atoms. The highest BCUT2D eigenvalue weighted by atomic mass is 16.5. The zero-order valence-electron chi connectivity index (χ0n) is 20.9. The molecule has 0 unspecified atom stereocenters. The monoisotopic (exact) mass is 478 g/mol. The van der Waals surface area contributed by atoms with E-state index in [1.54, 1.807) is 18.1 Å². The summed E-state index contributed by atoms with van der Waals surface area (Å²) in [5.74, 6) is 0.000203. The molecule has 0 saturated carbocycles. The summed E-state index contributed by atoms with van der Waals surface area (Å²) in [5.41, 5.74) is 2.33. The van der Waals surface area contributed by atoms with E-state index in [0.29, 0.717) is 17.9 Å². The fraction of sp³-hybridized carbons (Fsp3) is 0.429. The average Bonchev–Trinajstić information content (AvgIpc) is 3.37. The van der Waals surface area contributed by atoms with Gasteiger partial charge in [-0.3, -0.25) is 9.59 Å². The van der Waals surface area contributed by atoms with E-state index < -0.39 is 17.7 Å². The summed E-state index contributed by atoms with van der Waals surface area (Å²) < 4.78 is 11.2. The van der Waals surface area contributed by atoms with Crippen LogP contribution < -0.4 is 9.47 Å². The van der Waals surface area contributed by atoms with E-state index in [-0.39, 0.29) is 17.4 Å². The first kappa shape index (κ1) is 24.8. The molecule has 7 heteroatoms. The first-order chi connectivity index (χ1) is 16.9. The number of fused-ring (bicyclic) bond motifs is 1. The molecule has 1 saturated heterocycles. The van der Waals surface area contributed by atoms with Gasteiger partial charge in [-0.2, -0.15) is 0 Å². The maximum absolute atomic E-state index is 13.3. The summed E-state index contributed by atoms with van der Waals surface area (Å²) in [6, 6.07) is 12.0. The van der Waals surface area contributed by atoms with Crippen LogP contribution in [0, 0.1) is 0 Å². The first-order valence-corrected chi connectivity index (χ1v) is 12.3. The second-order valence-corrected chi connectivity index (χ2v) is 9.10. The fourth-order valence-corrected chi connectivity index (χ4v) is 5.00. The Balaban J connectivity index is 1.75. The maximum Gasteiger partial charge on any atom is 0.295 e. The van der Waals surface area contributed by atoms with Gasteiger partial charge in [-0.15, -0.1) is 0 Å². The van der Waals surface area contributed by atoms with Gasteiger partial charge in [0.05, 0.1) is 18.7 Å². The van der Waals surface area contributed by atoms with Crippen LogP contribution in [0.5, 0.6) is 11.5 Å². The second-order valence-electron chi connectivity index (χ2n) is 9.10. The van der Waals surface area contributed by atoms with Crippen LogP contribution in [0.3, 0.4) is 0 Å². The number of nitrogens with zero attached hydrogens (tertiary/aromatic N) is 2. The maximum atomic E-state index is 13.3. The van der Waals surface area contributed by atoms with E-state index in [2.05, 4.69) is 18.7 Å². The zero-order chi connectivity index (χ0) is 25.1. The molecule has 4 rings (SSSR count). The number of benzene rings is 2. The van der Waals surface area contributed by atoms with Crippen molar-refractivity contribution in [2.75, 3.05) is 33.3 Å². The van der Waals surface area contributed by atoms with E-state index in [1.165, 1.54) is 0 Å². The summed E-state index contributed by atoms with van der Waals surface area (Å²) in [6.07, 6.45) is 1.52. The van der Waals surface area contributed by atoms with E-state index in [0.717, 1.165) is 49.4 Å². The Bertz CT molecular complexity index is 1140. The predicted octanol–water partition coefficient (Wildman–Crippen LogP) is 4.17. The molecule has 0 spiro atoms. The number of Topliss-reactive ketones (excluding diaryl/α,β-unsaturated/α-hetero) is 1. The highest BCUT2D eigenvalue weighted by Gasteiger charge is 2.46. The highest BCUT2D eigenvalue weighted by Crippen LogP contribution is 2.41. The van der Waals surface area contributed by atoms with Crippen molar-refractivity contribution in [3.8, 4) is 11.5 Å². The smallest absolute Gasteiger partial charge is 0.295 e. The number of hydrogen-bond donors (Lipinski definition) is 1. The number of ether oxygens (including phenoxy) is 2. The summed E-state index contributed by atoms with van der Waals surface area (Å²) in [4.78, 5) is 30.4. The molecule has 2 aromatic carbocycles. The van der Waals surface area contributed by atoms with Gasteiger partial charge < -0.3 is 24.4 Å². The van der Waals surface area contributed by atoms with Crippen molar-refractivity contribution in [1.29, 1.82) is 0 Å². The molecule has 0 bridgehead atoms. The normalized spacial score (nSPS) is 20.9. The van der Waals surface area contributed by atoms with Crippen molar-refractivity contribution < 1.29 is 24.2 Å². The Morgan fingerprint density at radius 2 is 1.94 bits per heavy atom. The van der Waals surface area contributed by atoms with Crippen molar-refractivity contribution in [1.82, 2.24) is 9.80 Å². The van der Waals surface area contributed by atoms with Crippen molar-refractivity contribution in [3.05, 3.63) is 64.7 Å². The Morgan fingerprint density at radius 1 is 1.17 bits per heavy atom. The number of carbonyl (C=O) groups excluding carboxylic acids is 2. The summed E-state index contributed by atoms with van der Waals surface area (Å²) in [5, 5.41) is 11.4. The zero-order valence-corrected chi connectivity index (χ0v) is 20.9. The number of carbonyl (C=O) groups is 2. The minimum Gasteiger partial charge on any atom is -0.507 e. The van der Waals surface area contributed by atoms with E-state index in [1.807, 2.05) is 43.3 Å². The largest absolute Gasteiger partial charge is 0.507 e. The molecule has 1 N–H and O–H groups in total. The lowest BCUT2D eigenvalue weighted by atomic mass is 9.94. The van der Waals surface area contributed by atoms with Crippen molar-refractivity contribution in [2.24, 2.45) is 0 Å². The van der Waals surface area contributed by atoms with Crippen LogP contribution in [0.4, 0.5) is 0 Å². The number of likely N-dealkylation sites (tertiary alicyclic amines) is 1. The lowest BCUT2D eigenvalue weighted by Gasteiger charge is -2.27. The van der Waals surface area contributed by atoms with Gasteiger partial charge in [-0.1, -0.05) is 26.0 Å². The third-order valence-corrected chi connectivity index (χ3v) is 6.89. The molecule has 186 valence electrons. The van der Waals surface area contributed by atoms with Gasteiger partial charge in [0, 0.05) is 18.5 Å². The summed E-state index contributed by atoms with van der Waals surface area (Å²) >= 11 is 0. The quantitative estimate of drug-likeness (QED) is 0.331. The minimum atomic E-state index is -0.690. The molecule has 0 radical (unpaired) electrons. The Labute approximate surface area is 206 Å². The molecule has 2 heterocycles. The molecule has 2 aliphatic heterocycles. The second kappa shape index (κ2) is 10.5. The van der Waals surface area contributed by atoms with Crippen molar-refractivity contribution in [3.63, 3.8) is 0 Å². The highest BCUT2D eigenvalue weighted by molar-refractivity contribution is 6.46. The minimum absolute atomic E-state index is 0.0653. The standard InChI is InChI=1S/C28H34N2O5/c1-5-29(6-2)13-8-14-30-25(19-9-7-10-22(17-19)34-4)24(27(32)28(30)33)26(31)20-11-12-23-21(16-20)15-18(3)35-23/h7,9-12,16-18,25,31H,5-6,8,13-15H2,1-4H3/b26-24+/t18-,25-/m1/s1. The lowest BCUT2D eigenvalue weighted by molar-refractivity contribution is -0.140. The van der Waals surface area contributed by atoms with E-state index in [4.69, 9.17) is 9.47 Å². The summed E-state index contributed by atoms with van der Waals surface area (Å²) in [6.45, 7) is 9.29. The van der Waals surface area contributed by atoms with Crippen molar-refractivity contribution >= 4 is 17.4 Å². The molecule has 7 nitrogen and oxygen atoms in total. The van der Waals surface area contributed by atoms with E-state index >= 15 is 0 Å². The summed E-state index contributed by atoms with van der Waals surface area (Å²) in [7, 11) is 1.58. The molecule has 2 atom stereocenters. The SMILES string of the molecule is CCN(CC)CCCN1C(=O)C(=O)/C(=C(/O)c2ccc3c(c2)C[C@@H](C)O3)[C@H]1c1cccc(OC)c1. The van der Waals surface area contributed by atoms with Crippen LogP contribution in [-0.2, 0) is 16.0 Å². The molecule has 1 amide bonds. The molecule has 1 fully saturated rings. The predicted molar refractivity (Wildman–Crippen MR) is 135 cm³/mol. The molecule has 2 aliphatic rings. The van der Waals surface area contributed by atoms with Crippen molar-refractivity contribution in [2.45, 2.75) is 45.8 Å². The number of aliphatic hydroxyl groups excluding tert-OH is 1. The van der Waals surface area contributed by atoms with Crippen LogP contribution in [-0.4, -0.2) is 66.0 Å². The number of amides is 1. The molecular weight excluding hydrogens is 444 g/mol. The molecular formula is C28H34N2O5. The van der Waals surface area contributed by atoms with Crippen LogP contribution in [0.1, 0.15) is 49.9 Å². The third kappa shape index (κ3) is 4.91. The van der Waals surface area contributed by atoms with Crippen LogP contribution in [0.25, 0.3) is 5.76 Å². The van der Waals surface area contributed by atoms with Crippen LogP contribution >= 0.6 is 0 Å². The number of hydrogen-bond acceptors (Lipinski definition) is 6. The molecule has 2 aromatic rings. The first-order valence-electron chi connectivity index (χ1n) is 12.3. The van der Waals surface area contributed by atoms with Gasteiger partial charge in [0.2, 0.25) is 0 Å². The topological polar surface area (TPSA) is 79.3 Å². The van der Waals surface area contributed by atoms with Gasteiger partial charge in [-0.25, -0.2) is 0 Å². The van der Waals surface area contributed by atoms with Gasteiger partial charge >= 0.3 is 0 Å². The third-order valence-electron chi connectivity index (χ3n) is 6.89. The number of methoxy groups -OCH3 is 1.